The van der Waals surface area contributed by atoms with Crippen LogP contribution in [0.1, 0.15) is 30.1 Å². The van der Waals surface area contributed by atoms with Crippen molar-refractivity contribution in [3.05, 3.63) is 64.7 Å². The number of amides is 1. The lowest BCUT2D eigenvalue weighted by Gasteiger charge is -2.36. The molecule has 0 bridgehead atoms. The molecular weight excluding hydrogens is 362 g/mol. The highest BCUT2D eigenvalue weighted by Crippen LogP contribution is 2.30. The van der Waals surface area contributed by atoms with Gasteiger partial charge in [-0.15, -0.1) is 0 Å². The van der Waals surface area contributed by atoms with E-state index in [1.165, 1.54) is 0 Å². The maximum absolute atomic E-state index is 12.7. The second-order valence-corrected chi connectivity index (χ2v) is 7.21. The lowest BCUT2D eigenvalue weighted by Crippen LogP contribution is -2.49. The van der Waals surface area contributed by atoms with E-state index in [4.69, 9.17) is 16.3 Å². The average molecular weight is 388 g/mol. The predicted octanol–water partition coefficient (Wildman–Crippen LogP) is 3.17. The first-order valence-corrected chi connectivity index (χ1v) is 9.59. The molecule has 1 saturated heterocycles. The van der Waals surface area contributed by atoms with Gasteiger partial charge in [0.1, 0.15) is 5.75 Å². The number of benzene rings is 2. The zero-order valence-corrected chi connectivity index (χ0v) is 16.5. The van der Waals surface area contributed by atoms with Crippen LogP contribution in [0.4, 0.5) is 0 Å². The molecule has 0 radical (unpaired) electrons. The molecule has 2 atom stereocenters. The smallest absolute Gasteiger partial charge is 0.234 e. The quantitative estimate of drug-likeness (QED) is 0.799. The lowest BCUT2D eigenvalue weighted by atomic mass is 10.0. The van der Waals surface area contributed by atoms with Gasteiger partial charge in [0, 0.05) is 30.2 Å². The van der Waals surface area contributed by atoms with Crippen LogP contribution in [-0.4, -0.2) is 44.1 Å². The molecule has 27 heavy (non-hydrogen) atoms. The Balaban J connectivity index is 1.66. The summed E-state index contributed by atoms with van der Waals surface area (Å²) in [6, 6.07) is 15.6. The minimum absolute atomic E-state index is 0.0132. The van der Waals surface area contributed by atoms with E-state index in [2.05, 4.69) is 21.6 Å². The number of piperazine rings is 1. The van der Waals surface area contributed by atoms with E-state index in [9.17, 15) is 4.79 Å². The number of hydrogen-bond acceptors (Lipinski definition) is 4. The monoisotopic (exact) mass is 387 g/mol. The molecule has 1 aliphatic heterocycles. The molecular formula is C21H26ClN3O2. The number of halogens is 1. The van der Waals surface area contributed by atoms with Crippen LogP contribution in [0.3, 0.4) is 0 Å². The summed E-state index contributed by atoms with van der Waals surface area (Å²) in [6.07, 6.45) is 0. The summed E-state index contributed by atoms with van der Waals surface area (Å²) in [5.41, 5.74) is 2.14. The van der Waals surface area contributed by atoms with Gasteiger partial charge < -0.3 is 15.4 Å². The average Bonchev–Trinajstić information content (AvgIpc) is 2.68. The Morgan fingerprint density at radius 1 is 1.30 bits per heavy atom. The van der Waals surface area contributed by atoms with Gasteiger partial charge in [-0.25, -0.2) is 0 Å². The molecule has 144 valence electrons. The van der Waals surface area contributed by atoms with Crippen molar-refractivity contribution in [3.8, 4) is 5.75 Å². The van der Waals surface area contributed by atoms with Crippen molar-refractivity contribution >= 4 is 17.5 Å². The normalized spacial score (nSPS) is 18.7. The first-order valence-electron chi connectivity index (χ1n) is 9.21. The topological polar surface area (TPSA) is 53.6 Å². The van der Waals surface area contributed by atoms with Crippen molar-refractivity contribution in [3.63, 3.8) is 0 Å². The number of nitrogens with one attached hydrogen (secondary N) is 2. The fourth-order valence-electron chi connectivity index (χ4n) is 3.49. The van der Waals surface area contributed by atoms with E-state index in [0.717, 1.165) is 36.5 Å². The molecule has 3 rings (SSSR count). The van der Waals surface area contributed by atoms with E-state index < -0.39 is 0 Å². The van der Waals surface area contributed by atoms with Crippen LogP contribution < -0.4 is 15.4 Å². The van der Waals surface area contributed by atoms with Gasteiger partial charge in [0.15, 0.2) is 0 Å². The number of methoxy groups -OCH3 is 1. The molecule has 6 heteroatoms. The molecule has 2 aromatic rings. The van der Waals surface area contributed by atoms with Gasteiger partial charge in [-0.2, -0.15) is 0 Å². The fourth-order valence-corrected chi connectivity index (χ4v) is 3.62. The van der Waals surface area contributed by atoms with Gasteiger partial charge >= 0.3 is 0 Å². The van der Waals surface area contributed by atoms with Crippen molar-refractivity contribution in [2.24, 2.45) is 0 Å². The number of ether oxygens (including phenoxy) is 1. The Kier molecular flexibility index (Phi) is 6.72. The minimum atomic E-state index is -0.0672. The van der Waals surface area contributed by atoms with Crippen LogP contribution in [0.5, 0.6) is 5.75 Å². The first-order chi connectivity index (χ1) is 13.1. The zero-order valence-electron chi connectivity index (χ0n) is 15.7. The number of carbonyl (C=O) groups excluding carboxylic acids is 1. The minimum Gasteiger partial charge on any atom is -0.496 e. The predicted molar refractivity (Wildman–Crippen MR) is 108 cm³/mol. The van der Waals surface area contributed by atoms with Gasteiger partial charge in [0.25, 0.3) is 0 Å². The summed E-state index contributed by atoms with van der Waals surface area (Å²) >= 11 is 5.94. The number of para-hydroxylation sites is 1. The molecule has 2 unspecified atom stereocenters. The number of rotatable bonds is 6. The summed E-state index contributed by atoms with van der Waals surface area (Å²) in [7, 11) is 1.68. The molecule has 1 aliphatic rings. The summed E-state index contributed by atoms with van der Waals surface area (Å²) in [5, 5.41) is 7.20. The number of hydrogen-bond donors (Lipinski definition) is 2. The first kappa shape index (κ1) is 19.7. The van der Waals surface area contributed by atoms with Crippen molar-refractivity contribution in [1.82, 2.24) is 15.5 Å². The standard InChI is InChI=1S/C21H26ClN3O2/c1-15(16-7-9-17(22)10-8-16)24-21(26)14-25-12-11-23-13-19(25)18-5-3-4-6-20(18)27-2/h3-10,15,19,23H,11-14H2,1-2H3,(H,24,26). The van der Waals surface area contributed by atoms with Crippen LogP contribution >= 0.6 is 11.6 Å². The molecule has 0 aromatic heterocycles. The molecule has 0 aliphatic carbocycles. The maximum Gasteiger partial charge on any atom is 0.234 e. The Bertz CT molecular complexity index is 766. The lowest BCUT2D eigenvalue weighted by molar-refractivity contribution is -0.123. The van der Waals surface area contributed by atoms with Gasteiger partial charge in [-0.05, 0) is 30.7 Å². The van der Waals surface area contributed by atoms with E-state index in [1.807, 2.05) is 49.4 Å². The Hall–Kier alpha value is -2.08. The molecule has 2 aromatic carbocycles. The number of carbonyl (C=O) groups is 1. The summed E-state index contributed by atoms with van der Waals surface area (Å²) < 4.78 is 5.52. The molecule has 1 amide bonds. The molecule has 5 nitrogen and oxygen atoms in total. The van der Waals surface area contributed by atoms with E-state index in [1.54, 1.807) is 7.11 Å². The third kappa shape index (κ3) is 5.01. The van der Waals surface area contributed by atoms with Gasteiger partial charge in [-0.3, -0.25) is 9.69 Å². The van der Waals surface area contributed by atoms with E-state index >= 15 is 0 Å². The third-order valence-electron chi connectivity index (χ3n) is 4.95. The van der Waals surface area contributed by atoms with Crippen LogP contribution in [-0.2, 0) is 4.79 Å². The molecule has 1 heterocycles. The van der Waals surface area contributed by atoms with Gasteiger partial charge in [-0.1, -0.05) is 41.9 Å². The SMILES string of the molecule is COc1ccccc1C1CNCCN1CC(=O)NC(C)c1ccc(Cl)cc1. The third-order valence-corrected chi connectivity index (χ3v) is 5.20. The maximum atomic E-state index is 12.7. The van der Waals surface area contributed by atoms with E-state index in [-0.39, 0.29) is 18.0 Å². The molecule has 0 spiro atoms. The highest BCUT2D eigenvalue weighted by atomic mass is 35.5. The van der Waals surface area contributed by atoms with Crippen LogP contribution in [0.2, 0.25) is 5.02 Å². The summed E-state index contributed by atoms with van der Waals surface area (Å²) in [5.74, 6) is 0.866. The van der Waals surface area contributed by atoms with Crippen LogP contribution in [0.25, 0.3) is 0 Å². The van der Waals surface area contributed by atoms with Crippen LogP contribution in [0.15, 0.2) is 48.5 Å². The largest absolute Gasteiger partial charge is 0.496 e. The van der Waals surface area contributed by atoms with E-state index in [0.29, 0.717) is 11.6 Å². The highest BCUT2D eigenvalue weighted by molar-refractivity contribution is 6.30. The van der Waals surface area contributed by atoms with Gasteiger partial charge in [0.2, 0.25) is 5.91 Å². The Morgan fingerprint density at radius 3 is 2.78 bits per heavy atom. The molecule has 2 N–H and O–H groups in total. The highest BCUT2D eigenvalue weighted by Gasteiger charge is 2.27. The number of nitrogens with zero attached hydrogens (tertiary/aromatic N) is 1. The molecule has 1 fully saturated rings. The second-order valence-electron chi connectivity index (χ2n) is 6.77. The summed E-state index contributed by atoms with van der Waals surface area (Å²) in [6.45, 7) is 4.80. The summed E-state index contributed by atoms with van der Waals surface area (Å²) in [4.78, 5) is 14.9. The van der Waals surface area contributed by atoms with Crippen molar-refractivity contribution in [2.75, 3.05) is 33.3 Å². The molecule has 0 saturated carbocycles. The van der Waals surface area contributed by atoms with Crippen molar-refractivity contribution in [1.29, 1.82) is 0 Å². The van der Waals surface area contributed by atoms with Crippen LogP contribution in [0, 0.1) is 0 Å². The van der Waals surface area contributed by atoms with Crippen molar-refractivity contribution in [2.45, 2.75) is 19.0 Å². The zero-order chi connectivity index (χ0) is 19.2. The van der Waals surface area contributed by atoms with Gasteiger partial charge in [0.05, 0.1) is 25.7 Å². The Morgan fingerprint density at radius 2 is 2.04 bits per heavy atom. The second kappa shape index (κ2) is 9.22. The van der Waals surface area contributed by atoms with Crippen molar-refractivity contribution < 1.29 is 9.53 Å². The fraction of sp³-hybridized carbons (Fsp3) is 0.381. The Labute approximate surface area is 165 Å².